The predicted molar refractivity (Wildman–Crippen MR) is 63.3 cm³/mol. The molecule has 2 N–H and O–H groups in total. The number of hydrogen-bond donors (Lipinski definition) is 2. The number of aliphatic hydroxyl groups is 1. The summed E-state index contributed by atoms with van der Waals surface area (Å²) < 4.78 is 4.94. The monoisotopic (exact) mass is 232 g/mol. The summed E-state index contributed by atoms with van der Waals surface area (Å²) in [7, 11) is 1.62. The first-order valence-electron chi connectivity index (χ1n) is 5.83. The number of methoxy groups -OCH3 is 1. The second kappa shape index (κ2) is 10.9. The smallest absolute Gasteiger partial charge is 0.234 e. The van der Waals surface area contributed by atoms with Crippen molar-refractivity contribution >= 4 is 5.91 Å². The number of ether oxygens (including phenoxy) is 1. The Bertz CT molecular complexity index is 177. The minimum atomic E-state index is 0.0120. The number of carbonyl (C=O) groups is 1. The zero-order chi connectivity index (χ0) is 12.2. The number of hydrogen-bond acceptors (Lipinski definition) is 4. The molecule has 0 aromatic carbocycles. The Labute approximate surface area is 97.8 Å². The highest BCUT2D eigenvalue weighted by Gasteiger charge is 2.09. The molecule has 0 radical (unpaired) electrons. The maximum Gasteiger partial charge on any atom is 0.234 e. The molecule has 16 heavy (non-hydrogen) atoms. The van der Waals surface area contributed by atoms with Crippen LogP contribution in [-0.4, -0.2) is 62.4 Å². The third-order valence-electron chi connectivity index (χ3n) is 2.25. The van der Waals surface area contributed by atoms with Gasteiger partial charge < -0.3 is 15.2 Å². The zero-order valence-electron chi connectivity index (χ0n) is 10.4. The maximum absolute atomic E-state index is 11.5. The first-order valence-corrected chi connectivity index (χ1v) is 5.83. The lowest BCUT2D eigenvalue weighted by Crippen LogP contribution is -2.40. The second-order valence-electron chi connectivity index (χ2n) is 3.70. The van der Waals surface area contributed by atoms with Gasteiger partial charge in [0.15, 0.2) is 0 Å². The molecular weight excluding hydrogens is 208 g/mol. The predicted octanol–water partition coefficient (Wildman–Crippen LogP) is -0.157. The van der Waals surface area contributed by atoms with E-state index in [0.717, 1.165) is 19.4 Å². The van der Waals surface area contributed by atoms with Crippen LogP contribution in [0.4, 0.5) is 0 Å². The van der Waals surface area contributed by atoms with Gasteiger partial charge in [0.1, 0.15) is 0 Å². The summed E-state index contributed by atoms with van der Waals surface area (Å²) in [5.74, 6) is 0.0120. The minimum absolute atomic E-state index is 0.0120. The quantitative estimate of drug-likeness (QED) is 0.514. The van der Waals surface area contributed by atoms with E-state index in [4.69, 9.17) is 9.84 Å². The number of rotatable bonds is 10. The SMILES string of the molecule is CCCCNC(=O)CN(CCO)CCOC. The van der Waals surface area contributed by atoms with E-state index in [1.54, 1.807) is 7.11 Å². The fourth-order valence-electron chi connectivity index (χ4n) is 1.30. The van der Waals surface area contributed by atoms with Crippen molar-refractivity contribution in [2.24, 2.45) is 0 Å². The Kier molecular flexibility index (Phi) is 10.4. The summed E-state index contributed by atoms with van der Waals surface area (Å²) in [4.78, 5) is 13.4. The van der Waals surface area contributed by atoms with Crippen molar-refractivity contribution in [1.29, 1.82) is 0 Å². The molecule has 0 saturated heterocycles. The highest BCUT2D eigenvalue weighted by molar-refractivity contribution is 5.77. The molecule has 0 fully saturated rings. The Morgan fingerprint density at radius 1 is 1.44 bits per heavy atom. The van der Waals surface area contributed by atoms with Crippen molar-refractivity contribution in [2.75, 3.05) is 46.5 Å². The molecule has 0 aromatic heterocycles. The molecule has 0 aromatic rings. The van der Waals surface area contributed by atoms with Crippen LogP contribution in [0, 0.1) is 0 Å². The molecule has 1 amide bonds. The van der Waals surface area contributed by atoms with Gasteiger partial charge in [0.25, 0.3) is 0 Å². The lowest BCUT2D eigenvalue weighted by Gasteiger charge is -2.20. The summed E-state index contributed by atoms with van der Waals surface area (Å²) >= 11 is 0. The van der Waals surface area contributed by atoms with E-state index in [1.165, 1.54) is 0 Å². The van der Waals surface area contributed by atoms with Crippen LogP contribution in [0.5, 0.6) is 0 Å². The molecule has 0 aliphatic carbocycles. The average molecular weight is 232 g/mol. The van der Waals surface area contributed by atoms with Crippen molar-refractivity contribution in [3.05, 3.63) is 0 Å². The van der Waals surface area contributed by atoms with E-state index in [0.29, 0.717) is 26.2 Å². The number of aliphatic hydroxyl groups excluding tert-OH is 1. The van der Waals surface area contributed by atoms with E-state index >= 15 is 0 Å². The third-order valence-corrected chi connectivity index (χ3v) is 2.25. The van der Waals surface area contributed by atoms with Crippen molar-refractivity contribution in [3.8, 4) is 0 Å². The van der Waals surface area contributed by atoms with Crippen molar-refractivity contribution < 1.29 is 14.6 Å². The lowest BCUT2D eigenvalue weighted by atomic mass is 10.3. The number of amides is 1. The number of unbranched alkanes of at least 4 members (excludes halogenated alkanes) is 1. The maximum atomic E-state index is 11.5. The van der Waals surface area contributed by atoms with Gasteiger partial charge in [-0.2, -0.15) is 0 Å². The topological polar surface area (TPSA) is 61.8 Å². The molecule has 0 atom stereocenters. The Morgan fingerprint density at radius 3 is 2.75 bits per heavy atom. The van der Waals surface area contributed by atoms with E-state index in [9.17, 15) is 4.79 Å². The van der Waals surface area contributed by atoms with Crippen LogP contribution in [-0.2, 0) is 9.53 Å². The molecule has 0 saturated carbocycles. The Morgan fingerprint density at radius 2 is 2.19 bits per heavy atom. The number of nitrogens with one attached hydrogen (secondary N) is 1. The van der Waals surface area contributed by atoms with Gasteiger partial charge in [0.05, 0.1) is 19.8 Å². The average Bonchev–Trinajstić information content (AvgIpc) is 2.26. The van der Waals surface area contributed by atoms with Gasteiger partial charge in [0, 0.05) is 26.7 Å². The highest BCUT2D eigenvalue weighted by atomic mass is 16.5. The molecule has 96 valence electrons. The van der Waals surface area contributed by atoms with Crippen molar-refractivity contribution in [1.82, 2.24) is 10.2 Å². The number of nitrogens with zero attached hydrogens (tertiary/aromatic N) is 1. The summed E-state index contributed by atoms with van der Waals surface area (Å²) in [6.45, 7) is 4.94. The third kappa shape index (κ3) is 8.64. The van der Waals surface area contributed by atoms with Gasteiger partial charge in [0.2, 0.25) is 5.91 Å². The normalized spacial score (nSPS) is 10.8. The minimum Gasteiger partial charge on any atom is -0.395 e. The van der Waals surface area contributed by atoms with Gasteiger partial charge in [-0.3, -0.25) is 9.69 Å². The molecule has 0 heterocycles. The van der Waals surface area contributed by atoms with Gasteiger partial charge in [-0.15, -0.1) is 0 Å². The second-order valence-corrected chi connectivity index (χ2v) is 3.70. The summed E-state index contributed by atoms with van der Waals surface area (Å²) in [5.41, 5.74) is 0. The fraction of sp³-hybridized carbons (Fsp3) is 0.909. The molecular formula is C11H24N2O3. The van der Waals surface area contributed by atoms with Gasteiger partial charge in [-0.25, -0.2) is 0 Å². The molecule has 0 spiro atoms. The molecule has 0 unspecified atom stereocenters. The van der Waals surface area contributed by atoms with Crippen LogP contribution in [0.25, 0.3) is 0 Å². The molecule has 0 aliphatic rings. The van der Waals surface area contributed by atoms with Crippen LogP contribution in [0.1, 0.15) is 19.8 Å². The van der Waals surface area contributed by atoms with E-state index < -0.39 is 0 Å². The largest absolute Gasteiger partial charge is 0.395 e. The van der Waals surface area contributed by atoms with Crippen LogP contribution in [0.3, 0.4) is 0 Å². The lowest BCUT2D eigenvalue weighted by molar-refractivity contribution is -0.122. The van der Waals surface area contributed by atoms with Crippen LogP contribution in [0.15, 0.2) is 0 Å². The molecule has 0 bridgehead atoms. The van der Waals surface area contributed by atoms with Gasteiger partial charge >= 0.3 is 0 Å². The first kappa shape index (κ1) is 15.3. The van der Waals surface area contributed by atoms with E-state index in [1.807, 2.05) is 4.90 Å². The first-order chi connectivity index (χ1) is 7.74. The summed E-state index contributed by atoms with van der Waals surface area (Å²) in [5, 5.41) is 11.7. The number of carbonyl (C=O) groups excluding carboxylic acids is 1. The highest BCUT2D eigenvalue weighted by Crippen LogP contribution is 1.89. The molecule has 0 aliphatic heterocycles. The molecule has 5 nitrogen and oxygen atoms in total. The van der Waals surface area contributed by atoms with Gasteiger partial charge in [-0.05, 0) is 6.42 Å². The van der Waals surface area contributed by atoms with Crippen LogP contribution < -0.4 is 5.32 Å². The summed E-state index contributed by atoms with van der Waals surface area (Å²) in [6.07, 6.45) is 2.08. The van der Waals surface area contributed by atoms with Crippen LogP contribution >= 0.6 is 0 Å². The summed E-state index contributed by atoms with van der Waals surface area (Å²) in [6, 6.07) is 0. The molecule has 5 heteroatoms. The fourth-order valence-corrected chi connectivity index (χ4v) is 1.30. The Balaban J connectivity index is 3.73. The van der Waals surface area contributed by atoms with E-state index in [2.05, 4.69) is 12.2 Å². The van der Waals surface area contributed by atoms with Gasteiger partial charge in [-0.1, -0.05) is 13.3 Å². The van der Waals surface area contributed by atoms with Crippen LogP contribution in [0.2, 0.25) is 0 Å². The van der Waals surface area contributed by atoms with E-state index in [-0.39, 0.29) is 12.5 Å². The Hall–Kier alpha value is -0.650. The zero-order valence-corrected chi connectivity index (χ0v) is 10.4. The van der Waals surface area contributed by atoms with Crippen molar-refractivity contribution in [2.45, 2.75) is 19.8 Å². The molecule has 0 rings (SSSR count). The van der Waals surface area contributed by atoms with Crippen molar-refractivity contribution in [3.63, 3.8) is 0 Å². The standard InChI is InChI=1S/C11H24N2O3/c1-3-4-5-12-11(15)10-13(6-8-14)7-9-16-2/h14H,3-10H2,1-2H3,(H,12,15).